The van der Waals surface area contributed by atoms with E-state index in [1.165, 1.54) is 36.9 Å². The molecule has 0 saturated heterocycles. The van der Waals surface area contributed by atoms with Gasteiger partial charge >= 0.3 is 0 Å². The van der Waals surface area contributed by atoms with Crippen LogP contribution < -0.4 is 5.73 Å². The number of allylic oxidation sites excluding steroid dienone is 3. The molecule has 1 aromatic heterocycles. The maximum atomic E-state index is 5.36. The minimum absolute atomic E-state index is 0.944. The van der Waals surface area contributed by atoms with Gasteiger partial charge in [0, 0.05) is 20.2 Å². The Balaban J connectivity index is 2.18. The van der Waals surface area contributed by atoms with Crippen LogP contribution in [-0.2, 0) is 6.42 Å². The van der Waals surface area contributed by atoms with Gasteiger partial charge in [0.1, 0.15) is 0 Å². The molecule has 2 N–H and O–H groups in total. The van der Waals surface area contributed by atoms with E-state index in [-0.39, 0.29) is 0 Å². The lowest BCUT2D eigenvalue weighted by molar-refractivity contribution is 1.25. The van der Waals surface area contributed by atoms with Crippen molar-refractivity contribution in [2.45, 2.75) is 20.3 Å². The normalized spacial score (nSPS) is 12.3. The van der Waals surface area contributed by atoms with E-state index in [1.54, 1.807) is 6.20 Å². The third-order valence-electron chi connectivity index (χ3n) is 3.81. The Bertz CT molecular complexity index is 853. The topological polar surface area (TPSA) is 26.0 Å². The molecule has 3 aromatic rings. The van der Waals surface area contributed by atoms with Crippen LogP contribution in [0.5, 0.6) is 0 Å². The van der Waals surface area contributed by atoms with Crippen LogP contribution in [0, 0.1) is 13.8 Å². The summed E-state index contributed by atoms with van der Waals surface area (Å²) < 4.78 is 2.79. The van der Waals surface area contributed by atoms with Gasteiger partial charge in [-0.1, -0.05) is 36.4 Å². The predicted octanol–water partition coefficient (Wildman–Crippen LogP) is 5.24. The number of nitrogens with two attached hydrogens (primary N) is 1. The molecule has 0 aliphatic heterocycles. The van der Waals surface area contributed by atoms with Crippen LogP contribution in [0.4, 0.5) is 0 Å². The first kappa shape index (κ1) is 13.9. The molecule has 0 amide bonds. The number of thiophene rings is 1. The molecule has 1 nitrogen and oxygen atoms in total. The average molecular weight is 293 g/mol. The highest BCUT2D eigenvalue weighted by Crippen LogP contribution is 2.37. The number of hydrogen-bond acceptors (Lipinski definition) is 2. The molecule has 2 aromatic carbocycles. The van der Waals surface area contributed by atoms with Crippen molar-refractivity contribution in [2.24, 2.45) is 5.73 Å². The van der Waals surface area contributed by atoms with Crippen molar-refractivity contribution < 1.29 is 0 Å². The second-order valence-corrected chi connectivity index (χ2v) is 6.41. The monoisotopic (exact) mass is 293 g/mol. The summed E-state index contributed by atoms with van der Waals surface area (Å²) in [5, 5.41) is 2.74. The summed E-state index contributed by atoms with van der Waals surface area (Å²) in [4.78, 5) is 0. The molecule has 0 aliphatic carbocycles. The number of hydrogen-bond donors (Lipinski definition) is 1. The highest BCUT2D eigenvalue weighted by atomic mass is 32.1. The Morgan fingerprint density at radius 1 is 1.05 bits per heavy atom. The van der Waals surface area contributed by atoms with E-state index in [9.17, 15) is 0 Å². The molecule has 0 radical (unpaired) electrons. The van der Waals surface area contributed by atoms with E-state index in [1.807, 2.05) is 23.5 Å². The van der Waals surface area contributed by atoms with E-state index in [0.29, 0.717) is 0 Å². The van der Waals surface area contributed by atoms with Crippen LogP contribution in [0.1, 0.15) is 16.7 Å². The fourth-order valence-electron chi connectivity index (χ4n) is 2.68. The van der Waals surface area contributed by atoms with Gasteiger partial charge in [-0.25, -0.2) is 0 Å². The van der Waals surface area contributed by atoms with Crippen molar-refractivity contribution in [1.29, 1.82) is 0 Å². The van der Waals surface area contributed by atoms with Gasteiger partial charge < -0.3 is 5.73 Å². The average Bonchev–Trinajstić information content (AvgIpc) is 2.82. The molecule has 0 fully saturated rings. The molecule has 0 spiro atoms. The van der Waals surface area contributed by atoms with Crippen LogP contribution in [0.15, 0.2) is 54.8 Å². The predicted molar refractivity (Wildman–Crippen MR) is 95.0 cm³/mol. The maximum absolute atomic E-state index is 5.36. The van der Waals surface area contributed by atoms with Crippen molar-refractivity contribution in [3.8, 4) is 0 Å². The molecule has 0 atom stereocenters. The van der Waals surface area contributed by atoms with Gasteiger partial charge in [0.2, 0.25) is 0 Å². The quantitative estimate of drug-likeness (QED) is 0.656. The highest BCUT2D eigenvalue weighted by Gasteiger charge is 2.10. The lowest BCUT2D eigenvalue weighted by Crippen LogP contribution is -1.87. The van der Waals surface area contributed by atoms with Gasteiger partial charge in [0.05, 0.1) is 0 Å². The number of fused-ring (bicyclic) bond motifs is 3. The Hall–Kier alpha value is -2.06. The van der Waals surface area contributed by atoms with E-state index in [4.69, 9.17) is 5.73 Å². The standard InChI is InChI=1S/C19H19NS/c1-13-7-9-16-17-10-8-14(2)15(6-4-3-5-11-20)19(17)21-18(16)12-13/h3-5,7-12H,6,20H2,1-2H3/b4-3-,11-5-. The molecular weight excluding hydrogens is 274 g/mol. The molecule has 0 saturated carbocycles. The van der Waals surface area contributed by atoms with Gasteiger partial charge in [-0.05, 0) is 55.3 Å². The summed E-state index contributed by atoms with van der Waals surface area (Å²) >= 11 is 1.90. The zero-order chi connectivity index (χ0) is 14.8. The van der Waals surface area contributed by atoms with Crippen molar-refractivity contribution in [1.82, 2.24) is 0 Å². The fourth-order valence-corrected chi connectivity index (χ4v) is 4.09. The zero-order valence-corrected chi connectivity index (χ0v) is 13.2. The Morgan fingerprint density at radius 2 is 1.86 bits per heavy atom. The third-order valence-corrected chi connectivity index (χ3v) is 5.04. The molecule has 106 valence electrons. The molecule has 0 unspecified atom stereocenters. The molecule has 0 bridgehead atoms. The summed E-state index contributed by atoms with van der Waals surface area (Å²) in [6, 6.07) is 11.2. The zero-order valence-electron chi connectivity index (χ0n) is 12.4. The lowest BCUT2D eigenvalue weighted by atomic mass is 10.0. The van der Waals surface area contributed by atoms with E-state index < -0.39 is 0 Å². The first-order valence-corrected chi connectivity index (χ1v) is 7.97. The largest absolute Gasteiger partial charge is 0.405 e. The van der Waals surface area contributed by atoms with Crippen molar-refractivity contribution in [3.05, 3.63) is 71.5 Å². The number of benzene rings is 2. The van der Waals surface area contributed by atoms with Gasteiger partial charge in [-0.3, -0.25) is 0 Å². The van der Waals surface area contributed by atoms with Crippen LogP contribution in [0.3, 0.4) is 0 Å². The minimum atomic E-state index is 0.944. The minimum Gasteiger partial charge on any atom is -0.405 e. The van der Waals surface area contributed by atoms with Crippen molar-refractivity contribution in [2.75, 3.05) is 0 Å². The lowest BCUT2D eigenvalue weighted by Gasteiger charge is -2.04. The first-order chi connectivity index (χ1) is 10.2. The van der Waals surface area contributed by atoms with Crippen LogP contribution in [0.2, 0.25) is 0 Å². The van der Waals surface area contributed by atoms with Crippen molar-refractivity contribution >= 4 is 31.5 Å². The van der Waals surface area contributed by atoms with Crippen molar-refractivity contribution in [3.63, 3.8) is 0 Å². The number of aryl methyl sites for hydroxylation is 2. The van der Waals surface area contributed by atoms with Crippen LogP contribution >= 0.6 is 11.3 Å². The van der Waals surface area contributed by atoms with Gasteiger partial charge in [0.25, 0.3) is 0 Å². The summed E-state index contributed by atoms with van der Waals surface area (Å²) in [6.45, 7) is 4.34. The van der Waals surface area contributed by atoms with Gasteiger partial charge in [0.15, 0.2) is 0 Å². The summed E-state index contributed by atoms with van der Waals surface area (Å²) in [5.74, 6) is 0. The number of rotatable bonds is 3. The van der Waals surface area contributed by atoms with E-state index in [0.717, 1.165) is 6.42 Å². The summed E-state index contributed by atoms with van der Waals surface area (Å²) in [5.41, 5.74) is 9.46. The van der Waals surface area contributed by atoms with Crippen LogP contribution in [-0.4, -0.2) is 0 Å². The van der Waals surface area contributed by atoms with Crippen LogP contribution in [0.25, 0.3) is 20.2 Å². The van der Waals surface area contributed by atoms with E-state index >= 15 is 0 Å². The highest BCUT2D eigenvalue weighted by molar-refractivity contribution is 7.26. The molecule has 21 heavy (non-hydrogen) atoms. The third kappa shape index (κ3) is 2.59. The molecule has 1 heterocycles. The SMILES string of the molecule is Cc1ccc2c(c1)sc1c(C/C=C\C=C/N)c(C)ccc12. The molecule has 0 aliphatic rings. The Morgan fingerprint density at radius 3 is 2.67 bits per heavy atom. The van der Waals surface area contributed by atoms with Gasteiger partial charge in [-0.2, -0.15) is 0 Å². The summed E-state index contributed by atoms with van der Waals surface area (Å²) in [6.07, 6.45) is 8.55. The first-order valence-electron chi connectivity index (χ1n) is 7.15. The Kier molecular flexibility index (Phi) is 3.80. The fraction of sp³-hybridized carbons (Fsp3) is 0.158. The van der Waals surface area contributed by atoms with E-state index in [2.05, 4.69) is 50.3 Å². The molecule has 2 heteroatoms. The summed E-state index contributed by atoms with van der Waals surface area (Å²) in [7, 11) is 0. The molecular formula is C19H19NS. The maximum Gasteiger partial charge on any atom is 0.0393 e. The Labute approximate surface area is 129 Å². The smallest absolute Gasteiger partial charge is 0.0393 e. The second kappa shape index (κ2) is 5.74. The van der Waals surface area contributed by atoms with Gasteiger partial charge in [-0.15, -0.1) is 11.3 Å². The second-order valence-electron chi connectivity index (χ2n) is 5.36. The molecule has 3 rings (SSSR count).